The van der Waals surface area contributed by atoms with Crippen molar-refractivity contribution in [3.05, 3.63) is 65.0 Å². The maximum Gasteiger partial charge on any atom is 0.234 e. The molecule has 0 unspecified atom stereocenters. The van der Waals surface area contributed by atoms with Crippen LogP contribution in [0.25, 0.3) is 0 Å². The van der Waals surface area contributed by atoms with Crippen molar-refractivity contribution in [2.24, 2.45) is 0 Å². The van der Waals surface area contributed by atoms with Gasteiger partial charge in [0.1, 0.15) is 24.0 Å². The maximum absolute atomic E-state index is 13.7. The summed E-state index contributed by atoms with van der Waals surface area (Å²) in [6.45, 7) is 2.85. The van der Waals surface area contributed by atoms with E-state index < -0.39 is 17.5 Å². The van der Waals surface area contributed by atoms with Crippen LogP contribution in [0.3, 0.4) is 0 Å². The topological polar surface area (TPSA) is 69.0 Å². The smallest absolute Gasteiger partial charge is 0.234 e. The molecule has 0 saturated carbocycles. The van der Waals surface area contributed by atoms with E-state index in [1.807, 2.05) is 17.6 Å². The zero-order chi connectivity index (χ0) is 22.5. The lowest BCUT2D eigenvalue weighted by Gasteiger charge is -2.16. The van der Waals surface area contributed by atoms with Crippen LogP contribution in [0.15, 0.2) is 41.6 Å². The monoisotopic (exact) mass is 458 g/mol. The first-order valence-corrected chi connectivity index (χ1v) is 11.6. The highest BCUT2D eigenvalue weighted by Gasteiger charge is 2.16. The van der Waals surface area contributed by atoms with Crippen LogP contribution in [-0.4, -0.2) is 26.4 Å². The molecule has 0 bridgehead atoms. The normalized spacial score (nSPS) is 13.0. The van der Waals surface area contributed by atoms with Crippen LogP contribution in [0.5, 0.6) is 5.75 Å². The quantitative estimate of drug-likeness (QED) is 0.493. The van der Waals surface area contributed by atoms with Crippen molar-refractivity contribution in [1.82, 2.24) is 14.8 Å². The largest absolute Gasteiger partial charge is 0.486 e. The van der Waals surface area contributed by atoms with E-state index in [4.69, 9.17) is 4.74 Å². The standard InChI is InChI=1S/C23H24F2N4O2S/c1-2-29-21(13-31-18-9-7-15-5-3-4-6-16(15)11-18)27-28-23(29)32-14-22(30)26-20-10-8-17(24)12-19(20)25/h7-12H,2-6,13-14H2,1H3,(H,26,30). The van der Waals surface area contributed by atoms with E-state index in [1.54, 1.807) is 0 Å². The molecule has 0 saturated heterocycles. The second-order valence-electron chi connectivity index (χ2n) is 7.53. The van der Waals surface area contributed by atoms with E-state index in [0.717, 1.165) is 30.7 Å². The van der Waals surface area contributed by atoms with Crippen molar-refractivity contribution in [3.8, 4) is 5.75 Å². The number of fused-ring (bicyclic) bond motifs is 1. The number of nitrogens with zero attached hydrogens (tertiary/aromatic N) is 3. The molecule has 1 amide bonds. The van der Waals surface area contributed by atoms with Crippen molar-refractivity contribution in [1.29, 1.82) is 0 Å². The van der Waals surface area contributed by atoms with Gasteiger partial charge in [-0.2, -0.15) is 0 Å². The van der Waals surface area contributed by atoms with Gasteiger partial charge in [0, 0.05) is 12.6 Å². The molecule has 6 nitrogen and oxygen atoms in total. The number of anilines is 1. The van der Waals surface area contributed by atoms with Crippen molar-refractivity contribution in [3.63, 3.8) is 0 Å². The molecule has 0 atom stereocenters. The summed E-state index contributed by atoms with van der Waals surface area (Å²) in [4.78, 5) is 12.2. The number of nitrogens with one attached hydrogen (secondary N) is 1. The second-order valence-corrected chi connectivity index (χ2v) is 8.47. The third-order valence-corrected chi connectivity index (χ3v) is 6.30. The number of rotatable bonds is 8. The fourth-order valence-electron chi connectivity index (χ4n) is 3.70. The molecule has 32 heavy (non-hydrogen) atoms. The third kappa shape index (κ3) is 5.27. The molecule has 3 aromatic rings. The number of aryl methyl sites for hydroxylation is 2. The van der Waals surface area contributed by atoms with E-state index >= 15 is 0 Å². The molecular formula is C23H24F2N4O2S. The number of ether oxygens (including phenoxy) is 1. The summed E-state index contributed by atoms with van der Waals surface area (Å²) in [7, 11) is 0. The minimum atomic E-state index is -0.818. The molecule has 1 N–H and O–H groups in total. The van der Waals surface area contributed by atoms with E-state index in [9.17, 15) is 13.6 Å². The highest BCUT2D eigenvalue weighted by atomic mass is 32.2. The summed E-state index contributed by atoms with van der Waals surface area (Å²) in [5.74, 6) is -0.444. The second kappa shape index (κ2) is 10.1. The Balaban J connectivity index is 1.35. The molecule has 1 aliphatic rings. The van der Waals surface area contributed by atoms with Gasteiger partial charge in [-0.15, -0.1) is 10.2 Å². The molecule has 168 valence electrons. The van der Waals surface area contributed by atoms with Gasteiger partial charge in [-0.25, -0.2) is 8.78 Å². The Morgan fingerprint density at radius 2 is 1.94 bits per heavy atom. The minimum Gasteiger partial charge on any atom is -0.486 e. The Hall–Kier alpha value is -2.94. The first kappa shape index (κ1) is 22.3. The number of aromatic nitrogens is 3. The van der Waals surface area contributed by atoms with Crippen LogP contribution >= 0.6 is 11.8 Å². The number of hydrogen-bond acceptors (Lipinski definition) is 5. The zero-order valence-electron chi connectivity index (χ0n) is 17.7. The fraction of sp³-hybridized carbons (Fsp3) is 0.348. The average molecular weight is 459 g/mol. The third-order valence-electron chi connectivity index (χ3n) is 5.34. The average Bonchev–Trinajstić information content (AvgIpc) is 3.20. The van der Waals surface area contributed by atoms with Gasteiger partial charge < -0.3 is 14.6 Å². The lowest BCUT2D eigenvalue weighted by atomic mass is 9.92. The molecule has 2 aromatic carbocycles. The van der Waals surface area contributed by atoms with Gasteiger partial charge in [-0.3, -0.25) is 4.79 Å². The van der Waals surface area contributed by atoms with Gasteiger partial charge in [0.05, 0.1) is 11.4 Å². The van der Waals surface area contributed by atoms with Gasteiger partial charge in [0.15, 0.2) is 11.0 Å². The van der Waals surface area contributed by atoms with Gasteiger partial charge >= 0.3 is 0 Å². The van der Waals surface area contributed by atoms with Gasteiger partial charge in [-0.1, -0.05) is 17.8 Å². The van der Waals surface area contributed by atoms with Crippen molar-refractivity contribution < 1.29 is 18.3 Å². The Labute approximate surface area is 189 Å². The van der Waals surface area contributed by atoms with Gasteiger partial charge in [0.2, 0.25) is 5.91 Å². The molecule has 9 heteroatoms. The molecule has 1 aromatic heterocycles. The number of amides is 1. The number of carbonyl (C=O) groups is 1. The molecule has 0 spiro atoms. The van der Waals surface area contributed by atoms with Crippen molar-refractivity contribution >= 4 is 23.4 Å². The number of hydrogen-bond donors (Lipinski definition) is 1. The highest BCUT2D eigenvalue weighted by molar-refractivity contribution is 7.99. The SMILES string of the molecule is CCn1c(COc2ccc3c(c2)CCCC3)nnc1SCC(=O)Nc1ccc(F)cc1F. The number of benzene rings is 2. The summed E-state index contributed by atoms with van der Waals surface area (Å²) in [6.07, 6.45) is 4.66. The molecule has 1 aliphatic carbocycles. The van der Waals surface area contributed by atoms with E-state index in [-0.39, 0.29) is 18.0 Å². The van der Waals surface area contributed by atoms with Crippen LogP contribution in [0.2, 0.25) is 0 Å². The molecule has 4 rings (SSSR count). The summed E-state index contributed by atoms with van der Waals surface area (Å²) in [6, 6.07) is 9.25. The summed E-state index contributed by atoms with van der Waals surface area (Å²) < 4.78 is 34.6. The Kier molecular flexibility index (Phi) is 7.04. The fourth-order valence-corrected chi connectivity index (χ4v) is 4.53. The van der Waals surface area contributed by atoms with Crippen LogP contribution in [0, 0.1) is 11.6 Å². The Morgan fingerprint density at radius 1 is 1.12 bits per heavy atom. The predicted molar refractivity (Wildman–Crippen MR) is 119 cm³/mol. The Morgan fingerprint density at radius 3 is 2.72 bits per heavy atom. The molecule has 0 aliphatic heterocycles. The van der Waals surface area contributed by atoms with E-state index in [0.29, 0.717) is 17.5 Å². The van der Waals surface area contributed by atoms with Crippen LogP contribution in [0.1, 0.15) is 36.7 Å². The first-order valence-electron chi connectivity index (χ1n) is 10.6. The summed E-state index contributed by atoms with van der Waals surface area (Å²) in [5.41, 5.74) is 2.69. The molecule has 0 radical (unpaired) electrons. The lowest BCUT2D eigenvalue weighted by molar-refractivity contribution is -0.113. The highest BCUT2D eigenvalue weighted by Crippen LogP contribution is 2.26. The van der Waals surface area contributed by atoms with Crippen molar-refractivity contribution in [2.45, 2.75) is 50.9 Å². The lowest BCUT2D eigenvalue weighted by Crippen LogP contribution is -2.16. The van der Waals surface area contributed by atoms with Gasteiger partial charge in [-0.05, 0) is 68.0 Å². The zero-order valence-corrected chi connectivity index (χ0v) is 18.6. The first-order chi connectivity index (χ1) is 15.5. The molecular weight excluding hydrogens is 434 g/mol. The van der Waals surface area contributed by atoms with Crippen LogP contribution in [-0.2, 0) is 30.8 Å². The summed E-state index contributed by atoms with van der Waals surface area (Å²) in [5, 5.41) is 11.4. The molecule has 1 heterocycles. The number of carbonyl (C=O) groups excluding carboxylic acids is 1. The van der Waals surface area contributed by atoms with Crippen LogP contribution in [0.4, 0.5) is 14.5 Å². The predicted octanol–water partition coefficient (Wildman–Crippen LogP) is 4.76. The minimum absolute atomic E-state index is 0.0145. The molecule has 0 fully saturated rings. The maximum atomic E-state index is 13.7. The number of thioether (sulfide) groups is 1. The van der Waals surface area contributed by atoms with E-state index in [2.05, 4.69) is 27.6 Å². The van der Waals surface area contributed by atoms with Crippen LogP contribution < -0.4 is 10.1 Å². The van der Waals surface area contributed by atoms with Crippen molar-refractivity contribution in [2.75, 3.05) is 11.1 Å². The Bertz CT molecular complexity index is 1120. The van der Waals surface area contributed by atoms with Gasteiger partial charge in [0.25, 0.3) is 0 Å². The summed E-state index contributed by atoms with van der Waals surface area (Å²) >= 11 is 1.19. The number of halogens is 2. The van der Waals surface area contributed by atoms with E-state index in [1.165, 1.54) is 41.8 Å².